The minimum absolute atomic E-state index is 0.168. The number of halogens is 1. The second kappa shape index (κ2) is 7.09. The van der Waals surface area contributed by atoms with Crippen molar-refractivity contribution in [3.8, 4) is 0 Å². The summed E-state index contributed by atoms with van der Waals surface area (Å²) in [5, 5.41) is 2.76. The van der Waals surface area contributed by atoms with Crippen LogP contribution in [-0.2, 0) is 11.2 Å². The fourth-order valence-corrected chi connectivity index (χ4v) is 1.98. The number of hydrogen-bond donors (Lipinski definition) is 2. The summed E-state index contributed by atoms with van der Waals surface area (Å²) in [6.07, 6.45) is 1.34. The topological polar surface area (TPSA) is 64.3 Å². The van der Waals surface area contributed by atoms with E-state index in [0.717, 1.165) is 22.9 Å². The third kappa shape index (κ3) is 6.39. The summed E-state index contributed by atoms with van der Waals surface area (Å²) in [5.74, 6) is 0. The van der Waals surface area contributed by atoms with Crippen molar-refractivity contribution in [1.82, 2.24) is 0 Å². The van der Waals surface area contributed by atoms with Crippen molar-refractivity contribution in [2.45, 2.75) is 52.2 Å². The summed E-state index contributed by atoms with van der Waals surface area (Å²) < 4.78 is 6.07. The minimum atomic E-state index is -0.511. The molecule has 0 aliphatic rings. The van der Waals surface area contributed by atoms with E-state index in [9.17, 15) is 4.79 Å². The predicted octanol–water partition coefficient (Wildman–Crippen LogP) is 4.08. The van der Waals surface area contributed by atoms with E-state index in [1.807, 2.05) is 45.9 Å². The van der Waals surface area contributed by atoms with Crippen molar-refractivity contribution in [1.29, 1.82) is 0 Å². The lowest BCUT2D eigenvalue weighted by Gasteiger charge is -2.20. The first-order valence-electron chi connectivity index (χ1n) is 6.71. The van der Waals surface area contributed by atoms with Crippen LogP contribution >= 0.6 is 15.9 Å². The van der Waals surface area contributed by atoms with Crippen molar-refractivity contribution in [2.24, 2.45) is 5.73 Å². The van der Waals surface area contributed by atoms with Gasteiger partial charge in [0.2, 0.25) is 0 Å². The lowest BCUT2D eigenvalue weighted by Crippen LogP contribution is -2.27. The number of benzene rings is 1. The molecular weight excluding hydrogens is 320 g/mol. The van der Waals surface area contributed by atoms with Gasteiger partial charge < -0.3 is 10.5 Å². The Kier molecular flexibility index (Phi) is 6.02. The first-order valence-corrected chi connectivity index (χ1v) is 7.50. The SMILES string of the molecule is C[C@H](N)CCc1ccc(Br)c(NC(=O)OC(C)(C)C)c1. The standard InChI is InChI=1S/C15H23BrN2O2/c1-10(17)5-6-11-7-8-12(16)13(9-11)18-14(19)20-15(2,3)4/h7-10H,5-6,17H2,1-4H3,(H,18,19)/t10-/m0/s1. The molecule has 1 aromatic carbocycles. The highest BCUT2D eigenvalue weighted by atomic mass is 79.9. The lowest BCUT2D eigenvalue weighted by atomic mass is 10.1. The number of anilines is 1. The fraction of sp³-hybridized carbons (Fsp3) is 0.533. The van der Waals surface area contributed by atoms with Gasteiger partial charge in [0.15, 0.2) is 0 Å². The molecule has 0 saturated carbocycles. The summed E-state index contributed by atoms with van der Waals surface area (Å²) in [5.41, 5.74) is 7.09. The first kappa shape index (κ1) is 17.0. The Bertz CT molecular complexity index is 467. The average molecular weight is 343 g/mol. The number of amides is 1. The number of aryl methyl sites for hydroxylation is 1. The molecule has 5 heteroatoms. The number of nitrogens with one attached hydrogen (secondary N) is 1. The molecule has 112 valence electrons. The number of rotatable bonds is 4. The van der Waals surface area contributed by atoms with Crippen molar-refractivity contribution in [3.63, 3.8) is 0 Å². The molecule has 3 N–H and O–H groups in total. The van der Waals surface area contributed by atoms with E-state index in [1.165, 1.54) is 0 Å². The lowest BCUT2D eigenvalue weighted by molar-refractivity contribution is 0.0636. The van der Waals surface area contributed by atoms with Gasteiger partial charge in [-0.05, 0) is 74.2 Å². The maximum Gasteiger partial charge on any atom is 0.412 e. The minimum Gasteiger partial charge on any atom is -0.444 e. The normalized spacial score (nSPS) is 12.9. The van der Waals surface area contributed by atoms with E-state index in [4.69, 9.17) is 10.5 Å². The van der Waals surface area contributed by atoms with Gasteiger partial charge in [0.1, 0.15) is 5.60 Å². The number of ether oxygens (including phenoxy) is 1. The molecule has 0 radical (unpaired) electrons. The van der Waals surface area contributed by atoms with Crippen LogP contribution in [0.4, 0.5) is 10.5 Å². The second-order valence-electron chi connectivity index (χ2n) is 5.96. The maximum atomic E-state index is 11.8. The smallest absolute Gasteiger partial charge is 0.412 e. The highest BCUT2D eigenvalue weighted by Gasteiger charge is 2.17. The van der Waals surface area contributed by atoms with E-state index in [2.05, 4.69) is 21.2 Å². The van der Waals surface area contributed by atoms with E-state index < -0.39 is 11.7 Å². The predicted molar refractivity (Wildman–Crippen MR) is 86.0 cm³/mol. The first-order chi connectivity index (χ1) is 9.17. The summed E-state index contributed by atoms with van der Waals surface area (Å²) in [4.78, 5) is 11.8. The average Bonchev–Trinajstić information content (AvgIpc) is 2.27. The van der Waals surface area contributed by atoms with Gasteiger partial charge in [-0.2, -0.15) is 0 Å². The molecule has 0 unspecified atom stereocenters. The highest BCUT2D eigenvalue weighted by molar-refractivity contribution is 9.10. The molecule has 0 saturated heterocycles. The van der Waals surface area contributed by atoms with Gasteiger partial charge in [0, 0.05) is 10.5 Å². The Balaban J connectivity index is 2.73. The molecule has 1 amide bonds. The van der Waals surface area contributed by atoms with Gasteiger partial charge in [-0.3, -0.25) is 5.32 Å². The number of hydrogen-bond acceptors (Lipinski definition) is 3. The zero-order valence-corrected chi connectivity index (χ0v) is 14.1. The molecule has 0 aliphatic carbocycles. The zero-order valence-electron chi connectivity index (χ0n) is 12.5. The van der Waals surface area contributed by atoms with Crippen molar-refractivity contribution in [3.05, 3.63) is 28.2 Å². The number of nitrogens with two attached hydrogens (primary N) is 1. The van der Waals surface area contributed by atoms with Gasteiger partial charge in [0.25, 0.3) is 0 Å². The molecule has 20 heavy (non-hydrogen) atoms. The van der Waals surface area contributed by atoms with Crippen LogP contribution in [0.2, 0.25) is 0 Å². The van der Waals surface area contributed by atoms with Crippen molar-refractivity contribution in [2.75, 3.05) is 5.32 Å². The number of carbonyl (C=O) groups is 1. The summed E-state index contributed by atoms with van der Waals surface area (Å²) in [7, 11) is 0. The van der Waals surface area contributed by atoms with Crippen LogP contribution in [0.1, 0.15) is 39.7 Å². The quantitative estimate of drug-likeness (QED) is 0.866. The summed E-state index contributed by atoms with van der Waals surface area (Å²) >= 11 is 3.42. The van der Waals surface area contributed by atoms with Crippen LogP contribution in [0.5, 0.6) is 0 Å². The molecule has 0 bridgehead atoms. The van der Waals surface area contributed by atoms with Crippen LogP contribution in [-0.4, -0.2) is 17.7 Å². The third-order valence-corrected chi connectivity index (χ3v) is 3.25. The Morgan fingerprint density at radius 2 is 2.10 bits per heavy atom. The van der Waals surface area contributed by atoms with Gasteiger partial charge in [-0.25, -0.2) is 4.79 Å². The second-order valence-corrected chi connectivity index (χ2v) is 6.81. The van der Waals surface area contributed by atoms with E-state index in [1.54, 1.807) is 0 Å². The molecule has 0 aliphatic heterocycles. The van der Waals surface area contributed by atoms with E-state index in [0.29, 0.717) is 5.69 Å². The molecule has 0 spiro atoms. The fourth-order valence-electron chi connectivity index (χ4n) is 1.63. The Morgan fingerprint density at radius 3 is 2.65 bits per heavy atom. The van der Waals surface area contributed by atoms with Gasteiger partial charge in [-0.1, -0.05) is 6.07 Å². The van der Waals surface area contributed by atoms with Gasteiger partial charge in [-0.15, -0.1) is 0 Å². The zero-order chi connectivity index (χ0) is 15.3. The molecule has 0 heterocycles. The summed E-state index contributed by atoms with van der Waals surface area (Å²) in [6.45, 7) is 7.49. The van der Waals surface area contributed by atoms with Crippen molar-refractivity contribution >= 4 is 27.7 Å². The Morgan fingerprint density at radius 1 is 1.45 bits per heavy atom. The molecule has 0 aromatic heterocycles. The molecular formula is C15H23BrN2O2. The molecule has 1 atom stereocenters. The number of carbonyl (C=O) groups excluding carboxylic acids is 1. The molecule has 1 aromatic rings. The van der Waals surface area contributed by atoms with Crippen LogP contribution in [0, 0.1) is 0 Å². The highest BCUT2D eigenvalue weighted by Crippen LogP contribution is 2.25. The molecule has 4 nitrogen and oxygen atoms in total. The van der Waals surface area contributed by atoms with Crippen LogP contribution in [0.25, 0.3) is 0 Å². The van der Waals surface area contributed by atoms with Gasteiger partial charge in [0.05, 0.1) is 5.69 Å². The molecule has 1 rings (SSSR count). The van der Waals surface area contributed by atoms with Crippen LogP contribution in [0.15, 0.2) is 22.7 Å². The largest absolute Gasteiger partial charge is 0.444 e. The van der Waals surface area contributed by atoms with Gasteiger partial charge >= 0.3 is 6.09 Å². The maximum absolute atomic E-state index is 11.8. The third-order valence-electron chi connectivity index (χ3n) is 2.55. The summed E-state index contributed by atoms with van der Waals surface area (Å²) in [6, 6.07) is 6.05. The van der Waals surface area contributed by atoms with Crippen LogP contribution < -0.4 is 11.1 Å². The Labute approximate surface area is 129 Å². The molecule has 0 fully saturated rings. The van der Waals surface area contributed by atoms with Crippen LogP contribution in [0.3, 0.4) is 0 Å². The monoisotopic (exact) mass is 342 g/mol. The van der Waals surface area contributed by atoms with Crippen molar-refractivity contribution < 1.29 is 9.53 Å². The Hall–Kier alpha value is -1.07. The van der Waals surface area contributed by atoms with E-state index >= 15 is 0 Å². The van der Waals surface area contributed by atoms with E-state index in [-0.39, 0.29) is 6.04 Å².